The number of aliphatic carboxylic acids is 1. The van der Waals surface area contributed by atoms with Crippen LogP contribution in [-0.4, -0.2) is 13.1 Å². The van der Waals surface area contributed by atoms with Crippen LogP contribution in [0.25, 0.3) is 5.76 Å². The number of benzene rings is 1. The topological polar surface area (TPSA) is 73.1 Å². The van der Waals surface area contributed by atoms with Crippen molar-refractivity contribution in [3.8, 4) is 6.07 Å². The predicted octanol–water partition coefficient (Wildman–Crippen LogP) is 0.626. The van der Waals surface area contributed by atoms with Crippen LogP contribution >= 0.6 is 0 Å². The van der Waals surface area contributed by atoms with Crippen LogP contribution in [0.15, 0.2) is 29.8 Å². The van der Waals surface area contributed by atoms with Crippen molar-refractivity contribution >= 4 is 11.7 Å². The van der Waals surface area contributed by atoms with Crippen molar-refractivity contribution in [3.05, 3.63) is 41.0 Å². The van der Waals surface area contributed by atoms with Crippen LogP contribution in [-0.2, 0) is 9.53 Å². The first-order chi connectivity index (χ1) is 7.60. The number of ether oxygens (including phenoxy) is 1. The van der Waals surface area contributed by atoms with Gasteiger partial charge in [-0.2, -0.15) is 5.26 Å². The summed E-state index contributed by atoms with van der Waals surface area (Å²) in [5.74, 6) is -1.53. The van der Waals surface area contributed by atoms with Gasteiger partial charge < -0.3 is 14.6 Å². The summed E-state index contributed by atoms with van der Waals surface area (Å²) >= 11 is 0. The molecule has 1 aromatic rings. The largest absolute Gasteiger partial charge is 0.544 e. The van der Waals surface area contributed by atoms with Gasteiger partial charge in [-0.25, -0.2) is 0 Å². The number of nitriles is 1. The van der Waals surface area contributed by atoms with Crippen molar-refractivity contribution in [1.29, 1.82) is 5.26 Å². The number of aryl methyl sites for hydroxylation is 1. The molecule has 0 heterocycles. The second-order valence-electron chi connectivity index (χ2n) is 3.17. The Morgan fingerprint density at radius 3 is 2.31 bits per heavy atom. The molecule has 0 bridgehead atoms. The summed E-state index contributed by atoms with van der Waals surface area (Å²) in [5.41, 5.74) is 1.06. The smallest absolute Gasteiger partial charge is 0.145 e. The molecule has 0 radical (unpaired) electrons. The molecule has 0 spiro atoms. The zero-order chi connectivity index (χ0) is 12.1. The van der Waals surface area contributed by atoms with Gasteiger partial charge in [0.25, 0.3) is 0 Å². The normalized spacial score (nSPS) is 11.3. The lowest BCUT2D eigenvalue weighted by atomic mass is 10.1. The second kappa shape index (κ2) is 4.99. The van der Waals surface area contributed by atoms with Gasteiger partial charge in [-0.15, -0.1) is 0 Å². The van der Waals surface area contributed by atoms with Gasteiger partial charge in [0.1, 0.15) is 17.4 Å². The fourth-order valence-corrected chi connectivity index (χ4v) is 1.26. The molecule has 0 fully saturated rings. The first-order valence-corrected chi connectivity index (χ1v) is 4.57. The third kappa shape index (κ3) is 2.39. The van der Waals surface area contributed by atoms with E-state index in [4.69, 9.17) is 10.00 Å². The lowest BCUT2D eigenvalue weighted by molar-refractivity contribution is -0.298. The highest BCUT2D eigenvalue weighted by atomic mass is 16.5. The van der Waals surface area contributed by atoms with Crippen LogP contribution in [0.1, 0.15) is 11.1 Å². The Hall–Kier alpha value is -2.28. The van der Waals surface area contributed by atoms with Crippen LogP contribution in [0.4, 0.5) is 0 Å². The highest BCUT2D eigenvalue weighted by Gasteiger charge is 2.10. The summed E-state index contributed by atoms with van der Waals surface area (Å²) in [6.07, 6.45) is 0. The SMILES string of the molecule is CO/C(=C(/C#N)C(=O)[O-])c1ccc(C)cc1. The van der Waals surface area contributed by atoms with Crippen molar-refractivity contribution < 1.29 is 14.6 Å². The van der Waals surface area contributed by atoms with Crippen LogP contribution in [0.2, 0.25) is 0 Å². The molecule has 82 valence electrons. The maximum atomic E-state index is 10.7. The number of methoxy groups -OCH3 is 1. The molecule has 1 aromatic carbocycles. The van der Waals surface area contributed by atoms with E-state index in [-0.39, 0.29) is 5.76 Å². The number of hydrogen-bond donors (Lipinski definition) is 0. The molecule has 0 saturated carbocycles. The maximum absolute atomic E-state index is 10.7. The van der Waals surface area contributed by atoms with E-state index >= 15 is 0 Å². The van der Waals surface area contributed by atoms with E-state index in [0.29, 0.717) is 5.56 Å². The molecular weight excluding hydrogens is 206 g/mol. The van der Waals surface area contributed by atoms with Crippen molar-refractivity contribution in [2.24, 2.45) is 0 Å². The number of carbonyl (C=O) groups is 1. The Bertz CT molecular complexity index is 466. The summed E-state index contributed by atoms with van der Waals surface area (Å²) in [6.45, 7) is 1.91. The number of carboxylic acids is 1. The van der Waals surface area contributed by atoms with Crippen molar-refractivity contribution in [1.82, 2.24) is 0 Å². The van der Waals surface area contributed by atoms with Crippen molar-refractivity contribution in [2.75, 3.05) is 7.11 Å². The van der Waals surface area contributed by atoms with E-state index in [1.165, 1.54) is 7.11 Å². The quantitative estimate of drug-likeness (QED) is 0.422. The Balaban J connectivity index is 3.32. The molecule has 0 unspecified atom stereocenters. The minimum absolute atomic E-state index is 0.0162. The molecule has 0 atom stereocenters. The summed E-state index contributed by atoms with van der Waals surface area (Å²) in [4.78, 5) is 10.7. The van der Waals surface area contributed by atoms with Crippen molar-refractivity contribution in [3.63, 3.8) is 0 Å². The average molecular weight is 216 g/mol. The van der Waals surface area contributed by atoms with Gasteiger partial charge in [-0.3, -0.25) is 0 Å². The molecular formula is C12H10NO3-. The lowest BCUT2D eigenvalue weighted by Gasteiger charge is -2.10. The number of carbonyl (C=O) groups excluding carboxylic acids is 1. The lowest BCUT2D eigenvalue weighted by Crippen LogP contribution is -2.25. The Kier molecular flexibility index (Phi) is 3.67. The van der Waals surface area contributed by atoms with Gasteiger partial charge in [0, 0.05) is 5.56 Å². The van der Waals surface area contributed by atoms with Gasteiger partial charge >= 0.3 is 0 Å². The second-order valence-corrected chi connectivity index (χ2v) is 3.17. The number of carboxylic acid groups (broad SMARTS) is 1. The van der Waals surface area contributed by atoms with E-state index in [1.807, 2.05) is 6.92 Å². The zero-order valence-electron chi connectivity index (χ0n) is 8.98. The average Bonchev–Trinajstić information content (AvgIpc) is 2.26. The van der Waals surface area contributed by atoms with Gasteiger partial charge in [0.2, 0.25) is 0 Å². The molecule has 0 saturated heterocycles. The molecule has 0 aromatic heterocycles. The van der Waals surface area contributed by atoms with Crippen molar-refractivity contribution in [2.45, 2.75) is 6.92 Å². The summed E-state index contributed by atoms with van der Waals surface area (Å²) in [6, 6.07) is 8.54. The first kappa shape index (κ1) is 11.8. The Morgan fingerprint density at radius 1 is 1.38 bits per heavy atom. The van der Waals surface area contributed by atoms with Gasteiger partial charge in [0.15, 0.2) is 0 Å². The van der Waals surface area contributed by atoms with E-state index in [0.717, 1.165) is 5.56 Å². The van der Waals surface area contributed by atoms with E-state index in [1.54, 1.807) is 30.3 Å². The molecule has 1 rings (SSSR count). The summed E-state index contributed by atoms with van der Waals surface area (Å²) in [7, 11) is 1.31. The molecule has 0 aliphatic rings. The zero-order valence-corrected chi connectivity index (χ0v) is 8.98. The maximum Gasteiger partial charge on any atom is 0.145 e. The third-order valence-electron chi connectivity index (χ3n) is 2.06. The standard InChI is InChI=1S/C12H11NO3/c1-8-3-5-9(6-4-8)11(16-2)10(7-13)12(14)15/h3-6H,1-2H3,(H,14,15)/p-1/b11-10-. The number of nitrogens with zero attached hydrogens (tertiary/aromatic N) is 1. The Labute approximate surface area is 93.4 Å². The molecule has 4 heteroatoms. The monoisotopic (exact) mass is 216 g/mol. The third-order valence-corrected chi connectivity index (χ3v) is 2.06. The van der Waals surface area contributed by atoms with E-state index in [2.05, 4.69) is 0 Å². The first-order valence-electron chi connectivity index (χ1n) is 4.57. The summed E-state index contributed by atoms with van der Waals surface area (Å²) < 4.78 is 4.93. The van der Waals surface area contributed by atoms with Gasteiger partial charge in [-0.05, 0) is 6.92 Å². The minimum Gasteiger partial charge on any atom is -0.544 e. The molecule has 0 aliphatic heterocycles. The number of hydrogen-bond acceptors (Lipinski definition) is 4. The minimum atomic E-state index is -1.54. The molecule has 16 heavy (non-hydrogen) atoms. The summed E-state index contributed by atoms with van der Waals surface area (Å²) in [5, 5.41) is 19.4. The van der Waals surface area contributed by atoms with Gasteiger partial charge in [0.05, 0.1) is 13.1 Å². The predicted molar refractivity (Wildman–Crippen MR) is 55.7 cm³/mol. The van der Waals surface area contributed by atoms with Crippen LogP contribution in [0, 0.1) is 18.3 Å². The van der Waals surface area contributed by atoms with Gasteiger partial charge in [-0.1, -0.05) is 29.8 Å². The molecule has 0 amide bonds. The van der Waals surface area contributed by atoms with E-state index in [9.17, 15) is 9.90 Å². The highest BCUT2D eigenvalue weighted by molar-refractivity contribution is 5.97. The van der Waals surface area contributed by atoms with Crippen LogP contribution in [0.5, 0.6) is 0 Å². The molecule has 0 aliphatic carbocycles. The fourth-order valence-electron chi connectivity index (χ4n) is 1.26. The van der Waals surface area contributed by atoms with Crippen LogP contribution < -0.4 is 5.11 Å². The highest BCUT2D eigenvalue weighted by Crippen LogP contribution is 2.19. The molecule has 4 nitrogen and oxygen atoms in total. The van der Waals surface area contributed by atoms with Crippen LogP contribution in [0.3, 0.4) is 0 Å². The number of rotatable bonds is 3. The fraction of sp³-hybridized carbons (Fsp3) is 0.167. The molecule has 0 N–H and O–H groups in total. The van der Waals surface area contributed by atoms with E-state index < -0.39 is 11.5 Å². The Morgan fingerprint density at radius 2 is 1.94 bits per heavy atom.